The molecule has 3 rings (SSSR count). The molecule has 2 amide bonds. The summed E-state index contributed by atoms with van der Waals surface area (Å²) in [4.78, 5) is 29.0. The number of para-hydroxylation sites is 2. The van der Waals surface area contributed by atoms with Gasteiger partial charge in [0.25, 0.3) is 11.8 Å². The molecule has 0 radical (unpaired) electrons. The van der Waals surface area contributed by atoms with E-state index in [9.17, 15) is 9.59 Å². The van der Waals surface area contributed by atoms with Crippen LogP contribution in [0, 0.1) is 0 Å². The van der Waals surface area contributed by atoms with E-state index < -0.39 is 6.10 Å². The largest absolute Gasteiger partial charge is 0.397 e. The summed E-state index contributed by atoms with van der Waals surface area (Å²) in [5, 5.41) is 5.52. The Balaban J connectivity index is 1.66. The number of carbonyl (C=O) groups is 2. The lowest BCUT2D eigenvalue weighted by Crippen LogP contribution is -2.23. The van der Waals surface area contributed by atoms with Crippen LogP contribution < -0.4 is 16.4 Å². The van der Waals surface area contributed by atoms with Crippen LogP contribution in [0.25, 0.3) is 0 Å². The summed E-state index contributed by atoms with van der Waals surface area (Å²) in [5.74, 6) is -0.644. The maximum absolute atomic E-state index is 12.5. The fourth-order valence-electron chi connectivity index (χ4n) is 2.61. The molecule has 3 aromatic rings. The molecule has 4 N–H and O–H groups in total. The Bertz CT molecular complexity index is 959. The lowest BCUT2D eigenvalue weighted by molar-refractivity contribution is -0.126. The number of ether oxygens (including phenoxy) is 1. The van der Waals surface area contributed by atoms with Gasteiger partial charge in [0.15, 0.2) is 6.10 Å². The number of amides is 2. The predicted molar refractivity (Wildman–Crippen MR) is 108 cm³/mol. The number of pyridine rings is 1. The van der Waals surface area contributed by atoms with Crippen LogP contribution in [0.15, 0.2) is 72.9 Å². The van der Waals surface area contributed by atoms with Gasteiger partial charge in [-0.2, -0.15) is 0 Å². The van der Waals surface area contributed by atoms with E-state index >= 15 is 0 Å². The summed E-state index contributed by atoms with van der Waals surface area (Å²) in [7, 11) is 1.45. The van der Waals surface area contributed by atoms with Crippen LogP contribution in [-0.4, -0.2) is 23.9 Å². The number of carbonyl (C=O) groups excluding carboxylic acids is 2. The first kappa shape index (κ1) is 19.1. The van der Waals surface area contributed by atoms with Gasteiger partial charge in [0.2, 0.25) is 0 Å². The standard InChI is InChI=1S/C21H20N4O3/c1-28-19(18-8-4-5-13-23-18)21(27)24-15-11-9-14(10-12-15)20(26)25-17-7-3-2-6-16(17)22/h2-13,19H,22H2,1H3,(H,24,27)(H,25,26). The van der Waals surface area contributed by atoms with Crippen LogP contribution >= 0.6 is 0 Å². The fourth-order valence-corrected chi connectivity index (χ4v) is 2.61. The predicted octanol–water partition coefficient (Wildman–Crippen LogP) is 3.24. The van der Waals surface area contributed by atoms with Crippen molar-refractivity contribution in [2.45, 2.75) is 6.10 Å². The molecule has 28 heavy (non-hydrogen) atoms. The van der Waals surface area contributed by atoms with E-state index in [-0.39, 0.29) is 11.8 Å². The molecular formula is C21H20N4O3. The van der Waals surface area contributed by atoms with Crippen molar-refractivity contribution in [3.05, 3.63) is 84.2 Å². The second-order valence-electron chi connectivity index (χ2n) is 5.98. The van der Waals surface area contributed by atoms with Crippen LogP contribution in [0.5, 0.6) is 0 Å². The summed E-state index contributed by atoms with van der Waals surface area (Å²) >= 11 is 0. The van der Waals surface area contributed by atoms with E-state index in [0.29, 0.717) is 28.3 Å². The first-order chi connectivity index (χ1) is 13.6. The third kappa shape index (κ3) is 4.52. The number of hydrogen-bond donors (Lipinski definition) is 3. The highest BCUT2D eigenvalue weighted by molar-refractivity contribution is 6.06. The van der Waals surface area contributed by atoms with Crippen LogP contribution in [0.3, 0.4) is 0 Å². The number of rotatable bonds is 6. The average Bonchev–Trinajstić information content (AvgIpc) is 2.71. The number of methoxy groups -OCH3 is 1. The van der Waals surface area contributed by atoms with Crippen molar-refractivity contribution in [3.8, 4) is 0 Å². The molecular weight excluding hydrogens is 356 g/mol. The maximum Gasteiger partial charge on any atom is 0.259 e. The highest BCUT2D eigenvalue weighted by Crippen LogP contribution is 2.20. The van der Waals surface area contributed by atoms with E-state index in [1.165, 1.54) is 7.11 Å². The van der Waals surface area contributed by atoms with Crippen LogP contribution in [0.2, 0.25) is 0 Å². The van der Waals surface area contributed by atoms with Crippen molar-refractivity contribution in [1.82, 2.24) is 4.98 Å². The second kappa shape index (κ2) is 8.79. The fraction of sp³-hybridized carbons (Fsp3) is 0.0952. The minimum atomic E-state index is -0.828. The number of nitrogens with one attached hydrogen (secondary N) is 2. The van der Waals surface area contributed by atoms with Crippen LogP contribution in [0.1, 0.15) is 22.2 Å². The van der Waals surface area contributed by atoms with Gasteiger partial charge >= 0.3 is 0 Å². The highest BCUT2D eigenvalue weighted by atomic mass is 16.5. The molecule has 0 saturated heterocycles. The number of hydrogen-bond acceptors (Lipinski definition) is 5. The minimum Gasteiger partial charge on any atom is -0.397 e. The van der Waals surface area contributed by atoms with Crippen molar-refractivity contribution >= 4 is 28.9 Å². The zero-order valence-electron chi connectivity index (χ0n) is 15.3. The summed E-state index contributed by atoms with van der Waals surface area (Å²) < 4.78 is 5.26. The topological polar surface area (TPSA) is 106 Å². The molecule has 7 heteroatoms. The van der Waals surface area contributed by atoms with Crippen molar-refractivity contribution in [1.29, 1.82) is 0 Å². The third-order valence-electron chi connectivity index (χ3n) is 4.05. The Hall–Kier alpha value is -3.71. The van der Waals surface area contributed by atoms with Gasteiger partial charge in [0.1, 0.15) is 0 Å². The van der Waals surface area contributed by atoms with Gasteiger partial charge in [-0.05, 0) is 48.5 Å². The maximum atomic E-state index is 12.5. The van der Waals surface area contributed by atoms with E-state index in [2.05, 4.69) is 15.6 Å². The molecule has 142 valence electrons. The molecule has 1 atom stereocenters. The molecule has 1 heterocycles. The second-order valence-corrected chi connectivity index (χ2v) is 5.98. The Kier molecular flexibility index (Phi) is 5.98. The Morgan fingerprint density at radius 2 is 1.68 bits per heavy atom. The number of nitrogen functional groups attached to an aromatic ring is 1. The summed E-state index contributed by atoms with van der Waals surface area (Å²) in [5.41, 5.74) is 8.36. The minimum absolute atomic E-state index is 0.293. The molecule has 0 fully saturated rings. The van der Waals surface area contributed by atoms with E-state index in [1.807, 2.05) is 0 Å². The molecule has 1 unspecified atom stereocenters. The normalized spacial score (nSPS) is 11.5. The van der Waals surface area contributed by atoms with Crippen molar-refractivity contribution in [2.24, 2.45) is 0 Å². The Morgan fingerprint density at radius 3 is 2.32 bits per heavy atom. The van der Waals surface area contributed by atoms with Gasteiger partial charge in [-0.15, -0.1) is 0 Å². The van der Waals surface area contributed by atoms with Crippen LogP contribution in [-0.2, 0) is 9.53 Å². The first-order valence-corrected chi connectivity index (χ1v) is 8.59. The molecule has 7 nitrogen and oxygen atoms in total. The molecule has 0 spiro atoms. The molecule has 2 aromatic carbocycles. The summed E-state index contributed by atoms with van der Waals surface area (Å²) in [6.07, 6.45) is 0.770. The average molecular weight is 376 g/mol. The SMILES string of the molecule is COC(C(=O)Nc1ccc(C(=O)Nc2ccccc2N)cc1)c1ccccn1. The summed E-state index contributed by atoms with van der Waals surface area (Å²) in [6, 6.07) is 18.8. The molecule has 0 aliphatic heterocycles. The smallest absolute Gasteiger partial charge is 0.259 e. The molecule has 0 saturated carbocycles. The molecule has 0 aliphatic carbocycles. The van der Waals surface area contributed by atoms with E-state index in [4.69, 9.17) is 10.5 Å². The Labute approximate surface area is 162 Å². The Morgan fingerprint density at radius 1 is 0.964 bits per heavy atom. The van der Waals surface area contributed by atoms with E-state index in [1.54, 1.807) is 72.9 Å². The lowest BCUT2D eigenvalue weighted by atomic mass is 10.1. The van der Waals surface area contributed by atoms with Gasteiger partial charge in [0, 0.05) is 24.6 Å². The number of nitrogens with two attached hydrogens (primary N) is 1. The van der Waals surface area contributed by atoms with Gasteiger partial charge in [0.05, 0.1) is 17.1 Å². The number of nitrogens with zero attached hydrogens (tertiary/aromatic N) is 1. The zero-order valence-corrected chi connectivity index (χ0v) is 15.3. The van der Waals surface area contributed by atoms with Crippen molar-refractivity contribution < 1.29 is 14.3 Å². The van der Waals surface area contributed by atoms with Gasteiger partial charge in [-0.1, -0.05) is 18.2 Å². The van der Waals surface area contributed by atoms with Gasteiger partial charge < -0.3 is 21.1 Å². The van der Waals surface area contributed by atoms with Crippen molar-refractivity contribution in [2.75, 3.05) is 23.5 Å². The van der Waals surface area contributed by atoms with Crippen molar-refractivity contribution in [3.63, 3.8) is 0 Å². The highest BCUT2D eigenvalue weighted by Gasteiger charge is 2.21. The van der Waals surface area contributed by atoms with Gasteiger partial charge in [-0.25, -0.2) is 0 Å². The number of benzene rings is 2. The van der Waals surface area contributed by atoms with E-state index in [0.717, 1.165) is 0 Å². The summed E-state index contributed by atoms with van der Waals surface area (Å²) in [6.45, 7) is 0. The van der Waals surface area contributed by atoms with Crippen LogP contribution in [0.4, 0.5) is 17.1 Å². The lowest BCUT2D eigenvalue weighted by Gasteiger charge is -2.15. The molecule has 1 aromatic heterocycles. The molecule has 0 bridgehead atoms. The molecule has 0 aliphatic rings. The number of anilines is 3. The number of aromatic nitrogens is 1. The quantitative estimate of drug-likeness (QED) is 0.573. The monoisotopic (exact) mass is 376 g/mol. The zero-order chi connectivity index (χ0) is 19.9. The van der Waals surface area contributed by atoms with Gasteiger partial charge in [-0.3, -0.25) is 14.6 Å². The third-order valence-corrected chi connectivity index (χ3v) is 4.05. The first-order valence-electron chi connectivity index (χ1n) is 8.59.